The third-order valence-corrected chi connectivity index (χ3v) is 3.25. The van der Waals surface area contributed by atoms with Gasteiger partial charge in [-0.2, -0.15) is 0 Å². The Bertz CT molecular complexity index is 526. The van der Waals surface area contributed by atoms with Gasteiger partial charge in [0.25, 0.3) is 5.56 Å². The molecule has 0 unspecified atom stereocenters. The number of nitrogens with one attached hydrogen (secondary N) is 1. The highest BCUT2D eigenvalue weighted by Gasteiger charge is 2.23. The van der Waals surface area contributed by atoms with Crippen LogP contribution in [0.25, 0.3) is 0 Å². The summed E-state index contributed by atoms with van der Waals surface area (Å²) in [7, 11) is 0. The largest absolute Gasteiger partial charge is 0.324 e. The first kappa shape index (κ1) is 12.1. The van der Waals surface area contributed by atoms with Gasteiger partial charge in [0, 0.05) is 24.7 Å². The standard InChI is InChI=1S/C10H10IN3O3/c11-14-4-1-2-7(9(14)16)6-13-5-3-8(15)12-10(13)17/h1-2,4H,3,5-6H2,(H,12,15,17). The van der Waals surface area contributed by atoms with Gasteiger partial charge in [-0.3, -0.25) is 17.7 Å². The van der Waals surface area contributed by atoms with E-state index in [0.29, 0.717) is 12.1 Å². The minimum atomic E-state index is -0.440. The second-order valence-corrected chi connectivity index (χ2v) is 4.71. The lowest BCUT2D eigenvalue weighted by molar-refractivity contribution is -0.121. The molecule has 1 aromatic rings. The van der Waals surface area contributed by atoms with E-state index in [-0.39, 0.29) is 24.4 Å². The maximum Gasteiger partial charge on any atom is 0.324 e. The van der Waals surface area contributed by atoms with Gasteiger partial charge in [-0.1, -0.05) is 6.07 Å². The fraction of sp³-hybridized carbons (Fsp3) is 0.300. The number of rotatable bonds is 2. The molecule has 0 aromatic carbocycles. The molecule has 1 fully saturated rings. The first-order valence-corrected chi connectivity index (χ1v) is 6.00. The Balaban J connectivity index is 2.16. The van der Waals surface area contributed by atoms with Crippen LogP contribution >= 0.6 is 22.9 Å². The molecule has 0 saturated carbocycles. The number of amides is 3. The summed E-state index contributed by atoms with van der Waals surface area (Å²) in [6.45, 7) is 0.571. The summed E-state index contributed by atoms with van der Waals surface area (Å²) < 4.78 is 1.43. The highest BCUT2D eigenvalue weighted by Crippen LogP contribution is 2.06. The normalized spacial score (nSPS) is 15.9. The lowest BCUT2D eigenvalue weighted by Gasteiger charge is -2.26. The van der Waals surface area contributed by atoms with E-state index in [4.69, 9.17) is 0 Å². The molecule has 17 heavy (non-hydrogen) atoms. The maximum absolute atomic E-state index is 11.7. The van der Waals surface area contributed by atoms with Crippen LogP contribution in [0, 0.1) is 0 Å². The van der Waals surface area contributed by atoms with Gasteiger partial charge in [-0.15, -0.1) is 0 Å². The van der Waals surface area contributed by atoms with Gasteiger partial charge in [0.2, 0.25) is 5.91 Å². The van der Waals surface area contributed by atoms with Gasteiger partial charge in [0.1, 0.15) is 0 Å². The second-order valence-electron chi connectivity index (χ2n) is 3.67. The lowest BCUT2D eigenvalue weighted by atomic mass is 10.2. The Morgan fingerprint density at radius 1 is 1.35 bits per heavy atom. The summed E-state index contributed by atoms with van der Waals surface area (Å²) in [5.41, 5.74) is 0.393. The van der Waals surface area contributed by atoms with Crippen molar-refractivity contribution in [1.29, 1.82) is 0 Å². The van der Waals surface area contributed by atoms with E-state index in [2.05, 4.69) is 5.32 Å². The molecule has 0 spiro atoms. The van der Waals surface area contributed by atoms with Crippen LogP contribution in [0.15, 0.2) is 23.1 Å². The van der Waals surface area contributed by atoms with E-state index in [1.807, 2.05) is 22.9 Å². The third kappa shape index (κ3) is 2.65. The van der Waals surface area contributed by atoms with Crippen LogP contribution in [-0.4, -0.2) is 26.2 Å². The summed E-state index contributed by atoms with van der Waals surface area (Å²) >= 11 is 1.88. The van der Waals surface area contributed by atoms with Crippen LogP contribution in [0.3, 0.4) is 0 Å². The van der Waals surface area contributed by atoms with E-state index in [9.17, 15) is 14.4 Å². The zero-order valence-corrected chi connectivity index (χ0v) is 11.0. The molecule has 0 radical (unpaired) electrons. The molecule has 1 N–H and O–H groups in total. The average Bonchev–Trinajstić information content (AvgIpc) is 2.28. The number of pyridine rings is 1. The van der Waals surface area contributed by atoms with E-state index in [0.717, 1.165) is 0 Å². The monoisotopic (exact) mass is 347 g/mol. The molecule has 3 amide bonds. The third-order valence-electron chi connectivity index (χ3n) is 2.49. The summed E-state index contributed by atoms with van der Waals surface area (Å²) in [6.07, 6.45) is 1.92. The van der Waals surface area contributed by atoms with Gasteiger partial charge in [0.15, 0.2) is 0 Å². The van der Waals surface area contributed by atoms with Crippen molar-refractivity contribution in [3.63, 3.8) is 0 Å². The molecule has 90 valence electrons. The minimum Gasteiger partial charge on any atom is -0.319 e. The van der Waals surface area contributed by atoms with E-state index < -0.39 is 6.03 Å². The molecular weight excluding hydrogens is 337 g/mol. The second kappa shape index (κ2) is 4.86. The molecule has 7 heteroatoms. The number of imide groups is 1. The average molecular weight is 347 g/mol. The number of hydrogen-bond donors (Lipinski definition) is 1. The molecule has 1 saturated heterocycles. The summed E-state index contributed by atoms with van der Waals surface area (Å²) in [6, 6.07) is 2.99. The molecule has 1 aliphatic heterocycles. The fourth-order valence-corrected chi connectivity index (χ4v) is 2.08. The highest BCUT2D eigenvalue weighted by atomic mass is 127. The Labute approximate surface area is 111 Å². The number of hydrogen-bond acceptors (Lipinski definition) is 3. The van der Waals surface area contributed by atoms with E-state index >= 15 is 0 Å². The van der Waals surface area contributed by atoms with Crippen molar-refractivity contribution < 1.29 is 9.59 Å². The van der Waals surface area contributed by atoms with Crippen molar-refractivity contribution in [1.82, 2.24) is 13.0 Å². The van der Waals surface area contributed by atoms with Crippen LogP contribution in [0.1, 0.15) is 12.0 Å². The van der Waals surface area contributed by atoms with Gasteiger partial charge in [-0.05, 0) is 6.07 Å². The predicted octanol–water partition coefficient (Wildman–Crippen LogP) is 0.488. The maximum atomic E-state index is 11.7. The lowest BCUT2D eigenvalue weighted by Crippen LogP contribution is -2.49. The first-order valence-electron chi connectivity index (χ1n) is 5.03. The van der Waals surface area contributed by atoms with Crippen LogP contribution in [0.4, 0.5) is 4.79 Å². The molecule has 1 aliphatic rings. The minimum absolute atomic E-state index is 0.141. The van der Waals surface area contributed by atoms with E-state index in [1.165, 1.54) is 7.68 Å². The smallest absolute Gasteiger partial charge is 0.319 e. The highest BCUT2D eigenvalue weighted by molar-refractivity contribution is 14.1. The Morgan fingerprint density at radius 2 is 2.12 bits per heavy atom. The quantitative estimate of drug-likeness (QED) is 0.792. The van der Waals surface area contributed by atoms with Crippen LogP contribution in [0.5, 0.6) is 0 Å². The summed E-state index contributed by atoms with van der Waals surface area (Å²) in [5, 5.41) is 2.22. The number of halogens is 1. The van der Waals surface area contributed by atoms with Gasteiger partial charge < -0.3 is 4.90 Å². The molecule has 0 aliphatic carbocycles. The van der Waals surface area contributed by atoms with Crippen LogP contribution in [0.2, 0.25) is 0 Å². The zero-order chi connectivity index (χ0) is 12.4. The van der Waals surface area contributed by atoms with Gasteiger partial charge >= 0.3 is 6.03 Å². The summed E-state index contributed by atoms with van der Waals surface area (Å²) in [5.74, 6) is -0.273. The van der Waals surface area contributed by atoms with Gasteiger partial charge in [-0.25, -0.2) is 4.79 Å². The van der Waals surface area contributed by atoms with Crippen molar-refractivity contribution in [3.8, 4) is 0 Å². The number of urea groups is 1. The SMILES string of the molecule is O=C1CCN(Cc2cccn(I)c2=O)C(=O)N1. The zero-order valence-electron chi connectivity index (χ0n) is 8.85. The van der Waals surface area contributed by atoms with Crippen molar-refractivity contribution in [3.05, 3.63) is 34.2 Å². The van der Waals surface area contributed by atoms with Crippen molar-refractivity contribution in [2.75, 3.05) is 6.54 Å². The molecule has 0 atom stereocenters. The Kier molecular flexibility index (Phi) is 3.46. The van der Waals surface area contributed by atoms with Gasteiger partial charge in [0.05, 0.1) is 29.4 Å². The number of nitrogens with zero attached hydrogens (tertiary/aromatic N) is 2. The topological polar surface area (TPSA) is 71.4 Å². The molecule has 0 bridgehead atoms. The molecule has 2 rings (SSSR count). The van der Waals surface area contributed by atoms with Crippen LogP contribution < -0.4 is 10.9 Å². The Hall–Kier alpha value is -1.38. The first-order chi connectivity index (χ1) is 8.08. The number of aromatic nitrogens is 1. The molecule has 1 aromatic heterocycles. The Morgan fingerprint density at radius 3 is 2.82 bits per heavy atom. The van der Waals surface area contributed by atoms with Crippen LogP contribution in [-0.2, 0) is 11.3 Å². The fourth-order valence-electron chi connectivity index (χ4n) is 1.59. The number of carbonyl (C=O) groups is 2. The van der Waals surface area contributed by atoms with E-state index in [1.54, 1.807) is 18.3 Å². The molecule has 2 heterocycles. The molecule has 6 nitrogen and oxygen atoms in total. The number of carbonyl (C=O) groups excluding carboxylic acids is 2. The van der Waals surface area contributed by atoms with Crippen molar-refractivity contribution in [2.24, 2.45) is 0 Å². The van der Waals surface area contributed by atoms with Crippen molar-refractivity contribution in [2.45, 2.75) is 13.0 Å². The summed E-state index contributed by atoms with van der Waals surface area (Å²) in [4.78, 5) is 35.7. The van der Waals surface area contributed by atoms with Crippen molar-refractivity contribution >= 4 is 34.8 Å². The molecular formula is C10H10IN3O3. The predicted molar refractivity (Wildman–Crippen MR) is 68.7 cm³/mol.